The Balaban J connectivity index is 4.84. The average molecular weight is 282 g/mol. The van der Waals surface area contributed by atoms with E-state index >= 15 is 0 Å². The van der Waals surface area contributed by atoms with E-state index in [9.17, 15) is 4.79 Å². The molecule has 0 N–H and O–H groups in total. The lowest BCUT2D eigenvalue weighted by Crippen LogP contribution is -2.19. The van der Waals surface area contributed by atoms with Gasteiger partial charge < -0.3 is 9.47 Å². The van der Waals surface area contributed by atoms with E-state index in [1.165, 1.54) is 0 Å². The predicted molar refractivity (Wildman–Crippen MR) is 76.9 cm³/mol. The van der Waals surface area contributed by atoms with Crippen molar-refractivity contribution in [2.24, 2.45) is 0 Å². The molecule has 0 saturated heterocycles. The Morgan fingerprint density at radius 2 is 1.84 bits per heavy atom. The van der Waals surface area contributed by atoms with Gasteiger partial charge in [0.15, 0.2) is 0 Å². The molecule has 1 aromatic carbocycles. The number of rotatable bonds is 1. The van der Waals surface area contributed by atoms with Crippen molar-refractivity contribution < 1.29 is 38.9 Å². The van der Waals surface area contributed by atoms with Crippen molar-refractivity contribution >= 4 is 6.16 Å². The number of hydrogen-bond donors (Lipinski definition) is 0. The van der Waals surface area contributed by atoms with Crippen LogP contribution >= 0.6 is 0 Å². The second-order valence-electron chi connectivity index (χ2n) is 3.89. The van der Waals surface area contributed by atoms with Crippen LogP contribution in [0.15, 0.2) is 18.1 Å². The Morgan fingerprint density at radius 3 is 2.37 bits per heavy atom. The molecule has 19 heavy (non-hydrogen) atoms. The normalized spacial score (nSPS) is 29.4. The highest BCUT2D eigenvalue weighted by Crippen LogP contribution is 2.35. The van der Waals surface area contributed by atoms with E-state index in [-0.39, 0.29) is 0 Å². The molecule has 3 heteroatoms. The minimum absolute atomic E-state index is 0.560. The number of carbonyl (C=O) groups excluding carboxylic acids is 1. The Bertz CT molecular complexity index is 990. The highest BCUT2D eigenvalue weighted by atomic mass is 16.7. The van der Waals surface area contributed by atoms with Gasteiger partial charge in [0, 0.05) is 26.1 Å². The molecule has 0 radical (unpaired) electrons. The molecule has 0 aliphatic carbocycles. The molecular formula is C16H24O3. The zero-order valence-corrected chi connectivity index (χ0v) is 10.2. The van der Waals surface area contributed by atoms with Gasteiger partial charge in [0.1, 0.15) is 5.75 Å². The van der Waals surface area contributed by atoms with Crippen LogP contribution in [0.1, 0.15) is 77.0 Å². The Morgan fingerprint density at radius 1 is 1.21 bits per heavy atom. The maximum atomic E-state index is 11.9. The van der Waals surface area contributed by atoms with Gasteiger partial charge in [0.25, 0.3) is 0 Å². The third-order valence-electron chi connectivity index (χ3n) is 2.01. The molecule has 0 aliphatic rings. The summed E-state index contributed by atoms with van der Waals surface area (Å²) in [5.41, 5.74) is -10.4. The summed E-state index contributed by atoms with van der Waals surface area (Å²) in [5.74, 6) is -1.49. The van der Waals surface area contributed by atoms with E-state index in [1.807, 2.05) is 0 Å². The van der Waals surface area contributed by atoms with Crippen molar-refractivity contribution in [2.45, 2.75) is 52.0 Å². The SMILES string of the molecule is [2H]c1c([2H])c(C(C)(C([2H])([2H])[2H])C([2H])([2H])[2H])c([2H])c(C(C([2H])([2H])[2H])(C([2H])([2H])[2H])C([2H])([2H])[2H])c1OC(=O)OC. The van der Waals surface area contributed by atoms with Crippen molar-refractivity contribution in [3.63, 3.8) is 0 Å². The molecule has 106 valence electrons. The second kappa shape index (κ2) is 5.24. The molecule has 0 amide bonds. The van der Waals surface area contributed by atoms with Gasteiger partial charge in [-0.1, -0.05) is 53.3 Å². The Kier molecular flexibility index (Phi) is 1.04. The molecule has 0 saturated carbocycles. The van der Waals surface area contributed by atoms with Crippen molar-refractivity contribution in [2.75, 3.05) is 7.11 Å². The zero-order chi connectivity index (χ0) is 30.0. The van der Waals surface area contributed by atoms with Crippen LogP contribution in [-0.2, 0) is 15.6 Å². The quantitative estimate of drug-likeness (QED) is 0.565. The molecule has 0 fully saturated rings. The lowest BCUT2D eigenvalue weighted by atomic mass is 9.80. The first-order valence-corrected chi connectivity index (χ1v) is 4.97. The van der Waals surface area contributed by atoms with Crippen LogP contribution in [0, 0.1) is 0 Å². The fourth-order valence-electron chi connectivity index (χ4n) is 1.11. The molecule has 0 heterocycles. The average Bonchev–Trinajstić information content (AvgIpc) is 2.63. The van der Waals surface area contributed by atoms with Gasteiger partial charge in [-0.05, 0) is 22.4 Å². The fraction of sp³-hybridized carbons (Fsp3) is 0.562. The summed E-state index contributed by atoms with van der Waals surface area (Å²) in [6.45, 7) is -18.9. The zero-order valence-electron chi connectivity index (χ0n) is 28.2. The number of ether oxygens (including phenoxy) is 2. The molecule has 0 aromatic heterocycles. The molecule has 0 aliphatic heterocycles. The monoisotopic (exact) mass is 282 g/mol. The van der Waals surface area contributed by atoms with Crippen LogP contribution < -0.4 is 4.74 Å². The van der Waals surface area contributed by atoms with Crippen LogP contribution in [0.4, 0.5) is 4.79 Å². The number of methoxy groups -OCH3 is 1. The Hall–Kier alpha value is -1.51. The maximum Gasteiger partial charge on any atom is 0.513 e. The van der Waals surface area contributed by atoms with Gasteiger partial charge in [-0.2, -0.15) is 0 Å². The van der Waals surface area contributed by atoms with Gasteiger partial charge in [-0.25, -0.2) is 4.79 Å². The largest absolute Gasteiger partial charge is 0.513 e. The van der Waals surface area contributed by atoms with Crippen molar-refractivity contribution in [1.82, 2.24) is 0 Å². The highest BCUT2D eigenvalue weighted by Gasteiger charge is 2.24. The molecule has 1 rings (SSSR count). The van der Waals surface area contributed by atoms with E-state index in [4.69, 9.17) is 29.4 Å². The first kappa shape index (κ1) is 3.78. The smallest absolute Gasteiger partial charge is 0.437 e. The summed E-state index contributed by atoms with van der Waals surface area (Å²) >= 11 is 0. The van der Waals surface area contributed by atoms with Gasteiger partial charge in [0.05, 0.1) is 11.2 Å². The van der Waals surface area contributed by atoms with Crippen molar-refractivity contribution in [1.29, 1.82) is 0 Å². The van der Waals surface area contributed by atoms with Crippen molar-refractivity contribution in [3.8, 4) is 5.75 Å². The van der Waals surface area contributed by atoms with E-state index in [0.29, 0.717) is 6.92 Å². The summed E-state index contributed by atoms with van der Waals surface area (Å²) in [5, 5.41) is 0. The summed E-state index contributed by atoms with van der Waals surface area (Å²) in [4.78, 5) is 11.9. The van der Waals surface area contributed by atoms with E-state index < -0.39 is 86.2 Å². The second-order valence-corrected chi connectivity index (χ2v) is 3.89. The lowest BCUT2D eigenvalue weighted by molar-refractivity contribution is 0.120. The van der Waals surface area contributed by atoms with Crippen LogP contribution in [0.3, 0.4) is 0 Å². The van der Waals surface area contributed by atoms with E-state index in [1.54, 1.807) is 0 Å². The number of benzene rings is 1. The molecule has 0 bridgehead atoms. The predicted octanol–water partition coefficient (Wildman–Crippen LogP) is 4.43. The summed E-state index contributed by atoms with van der Waals surface area (Å²) in [6.07, 6.45) is -1.73. The van der Waals surface area contributed by atoms with Gasteiger partial charge >= 0.3 is 6.16 Å². The van der Waals surface area contributed by atoms with Crippen molar-refractivity contribution in [3.05, 3.63) is 29.3 Å². The highest BCUT2D eigenvalue weighted by molar-refractivity contribution is 5.65. The molecule has 0 atom stereocenters. The summed E-state index contributed by atoms with van der Waals surface area (Å²) < 4.78 is 153. The van der Waals surface area contributed by atoms with Gasteiger partial charge in [0.2, 0.25) is 0 Å². The lowest BCUT2D eigenvalue weighted by Gasteiger charge is -2.26. The molecule has 0 spiro atoms. The standard InChI is InChI=1S/C16H24O3/c1-15(2,3)11-8-9-13(19-14(17)18-7)12(10-11)16(4,5)6/h8-10H,1-7H3/i1D3,2D3,4D3,5D3,6D3,8D,9D,10D. The molecule has 3 nitrogen and oxygen atoms in total. The van der Waals surface area contributed by atoms with Crippen LogP contribution in [0.5, 0.6) is 5.75 Å². The number of carbonyl (C=O) groups is 1. The Labute approximate surface area is 141 Å². The topological polar surface area (TPSA) is 35.5 Å². The first-order chi connectivity index (χ1) is 16.1. The summed E-state index contributed by atoms with van der Waals surface area (Å²) in [6, 6.07) is -4.41. The van der Waals surface area contributed by atoms with Crippen LogP contribution in [0.25, 0.3) is 0 Å². The third-order valence-corrected chi connectivity index (χ3v) is 2.01. The van der Waals surface area contributed by atoms with Crippen LogP contribution in [-0.4, -0.2) is 13.3 Å². The number of hydrogen-bond acceptors (Lipinski definition) is 3. The molecule has 0 unspecified atom stereocenters. The van der Waals surface area contributed by atoms with E-state index in [2.05, 4.69) is 4.74 Å². The minimum Gasteiger partial charge on any atom is -0.437 e. The first-order valence-electron chi connectivity index (χ1n) is 14.0. The molecular weight excluding hydrogens is 240 g/mol. The maximum absolute atomic E-state index is 11.9. The fourth-order valence-corrected chi connectivity index (χ4v) is 1.11. The minimum atomic E-state index is -4.13. The molecule has 1 aromatic rings. The third kappa shape index (κ3) is 3.98. The van der Waals surface area contributed by atoms with E-state index in [0.717, 1.165) is 7.11 Å². The van der Waals surface area contributed by atoms with Crippen LogP contribution in [0.2, 0.25) is 0 Å². The van der Waals surface area contributed by atoms with Gasteiger partial charge in [-0.15, -0.1) is 0 Å². The summed E-state index contributed by atoms with van der Waals surface area (Å²) in [7, 11) is 0.744. The van der Waals surface area contributed by atoms with Gasteiger partial charge in [-0.3, -0.25) is 0 Å².